The molecule has 1 aromatic rings. The standard InChI is InChI=1S/C9H11NO3S/c1-6(13-2)8(11)3-9(12)7-4-14-5-10-7/h4-6H,3H2,1-2H3. The second kappa shape index (κ2) is 4.97. The summed E-state index contributed by atoms with van der Waals surface area (Å²) in [5.74, 6) is -0.467. The highest BCUT2D eigenvalue weighted by Crippen LogP contribution is 2.06. The summed E-state index contributed by atoms with van der Waals surface area (Å²) in [6.45, 7) is 1.62. The Morgan fingerprint density at radius 1 is 1.64 bits per heavy atom. The molecule has 0 aliphatic rings. The van der Waals surface area contributed by atoms with Gasteiger partial charge in [-0.1, -0.05) is 0 Å². The largest absolute Gasteiger partial charge is 0.374 e. The quantitative estimate of drug-likeness (QED) is 0.546. The number of ether oxygens (including phenoxy) is 1. The summed E-state index contributed by atoms with van der Waals surface area (Å²) in [5.41, 5.74) is 1.92. The summed E-state index contributed by atoms with van der Waals surface area (Å²) >= 11 is 1.33. The van der Waals surface area contributed by atoms with Crippen LogP contribution in [0.2, 0.25) is 0 Å². The van der Waals surface area contributed by atoms with Gasteiger partial charge in [0.2, 0.25) is 0 Å². The number of carbonyl (C=O) groups excluding carboxylic acids is 2. The molecule has 0 saturated carbocycles. The predicted octanol–water partition coefficient (Wildman–Crippen LogP) is 1.32. The minimum absolute atomic E-state index is 0.140. The molecule has 0 aromatic carbocycles. The van der Waals surface area contributed by atoms with E-state index in [1.807, 2.05) is 0 Å². The molecule has 4 nitrogen and oxygen atoms in total. The smallest absolute Gasteiger partial charge is 0.189 e. The highest BCUT2D eigenvalue weighted by Gasteiger charge is 2.18. The molecule has 0 amide bonds. The summed E-state index contributed by atoms with van der Waals surface area (Å²) in [4.78, 5) is 26.5. The van der Waals surface area contributed by atoms with Crippen LogP contribution in [-0.4, -0.2) is 29.8 Å². The Bertz CT molecular complexity index is 321. The second-order valence-electron chi connectivity index (χ2n) is 2.82. The molecule has 0 aliphatic carbocycles. The Morgan fingerprint density at radius 3 is 2.86 bits per heavy atom. The normalized spacial score (nSPS) is 12.4. The van der Waals surface area contributed by atoms with Gasteiger partial charge in [-0.25, -0.2) is 4.98 Å². The number of hydrogen-bond acceptors (Lipinski definition) is 5. The minimum atomic E-state index is -0.530. The Labute approximate surface area is 85.9 Å². The topological polar surface area (TPSA) is 56.3 Å². The number of thiazole rings is 1. The van der Waals surface area contributed by atoms with Gasteiger partial charge in [0, 0.05) is 12.5 Å². The third kappa shape index (κ3) is 2.71. The van der Waals surface area contributed by atoms with Crippen molar-refractivity contribution in [2.75, 3.05) is 7.11 Å². The Hall–Kier alpha value is -1.07. The first-order valence-corrected chi connectivity index (χ1v) is 5.06. The summed E-state index contributed by atoms with van der Waals surface area (Å²) in [6.07, 6.45) is -0.670. The van der Waals surface area contributed by atoms with E-state index in [1.54, 1.807) is 17.8 Å². The van der Waals surface area contributed by atoms with Crippen LogP contribution in [0, 0.1) is 0 Å². The molecule has 14 heavy (non-hydrogen) atoms. The van der Waals surface area contributed by atoms with Crippen molar-refractivity contribution >= 4 is 22.9 Å². The zero-order chi connectivity index (χ0) is 10.6. The van der Waals surface area contributed by atoms with Crippen LogP contribution in [0.4, 0.5) is 0 Å². The first-order valence-electron chi connectivity index (χ1n) is 4.12. The lowest BCUT2D eigenvalue weighted by atomic mass is 10.1. The van der Waals surface area contributed by atoms with Crippen molar-refractivity contribution in [2.45, 2.75) is 19.4 Å². The second-order valence-corrected chi connectivity index (χ2v) is 3.54. The highest BCUT2D eigenvalue weighted by molar-refractivity contribution is 7.07. The maximum Gasteiger partial charge on any atom is 0.189 e. The molecule has 1 rings (SSSR count). The number of Topliss-reactive ketones (excluding diaryl/α,β-unsaturated/α-hetero) is 2. The van der Waals surface area contributed by atoms with E-state index in [1.165, 1.54) is 18.4 Å². The van der Waals surface area contributed by atoms with Gasteiger partial charge in [-0.2, -0.15) is 0 Å². The molecular formula is C9H11NO3S. The number of hydrogen-bond donors (Lipinski definition) is 0. The third-order valence-corrected chi connectivity index (χ3v) is 2.45. The first kappa shape index (κ1) is 11.0. The van der Waals surface area contributed by atoms with Crippen molar-refractivity contribution in [3.63, 3.8) is 0 Å². The molecule has 0 N–H and O–H groups in total. The van der Waals surface area contributed by atoms with E-state index in [2.05, 4.69) is 4.98 Å². The molecule has 0 bridgehead atoms. The highest BCUT2D eigenvalue weighted by atomic mass is 32.1. The van der Waals surface area contributed by atoms with Crippen LogP contribution in [0.5, 0.6) is 0 Å². The molecule has 0 spiro atoms. The van der Waals surface area contributed by atoms with E-state index in [0.29, 0.717) is 5.69 Å². The Balaban J connectivity index is 2.54. The van der Waals surface area contributed by atoms with Gasteiger partial charge in [-0.05, 0) is 6.92 Å². The van der Waals surface area contributed by atoms with Gasteiger partial charge in [0.25, 0.3) is 0 Å². The fourth-order valence-corrected chi connectivity index (χ4v) is 1.43. The van der Waals surface area contributed by atoms with Crippen molar-refractivity contribution in [3.05, 3.63) is 16.6 Å². The molecule has 1 atom stereocenters. The van der Waals surface area contributed by atoms with E-state index < -0.39 is 6.10 Å². The number of rotatable bonds is 5. The number of carbonyl (C=O) groups is 2. The summed E-state index contributed by atoms with van der Waals surface area (Å²) in [5, 5.41) is 1.63. The lowest BCUT2D eigenvalue weighted by Gasteiger charge is -2.05. The van der Waals surface area contributed by atoms with Crippen molar-refractivity contribution in [2.24, 2.45) is 0 Å². The molecule has 76 valence electrons. The van der Waals surface area contributed by atoms with Gasteiger partial charge in [-0.15, -0.1) is 11.3 Å². The lowest BCUT2D eigenvalue weighted by molar-refractivity contribution is -0.126. The van der Waals surface area contributed by atoms with Gasteiger partial charge in [-0.3, -0.25) is 9.59 Å². The predicted molar refractivity (Wildman–Crippen MR) is 52.5 cm³/mol. The molecule has 0 radical (unpaired) electrons. The van der Waals surface area contributed by atoms with Crippen LogP contribution in [0.3, 0.4) is 0 Å². The molecule has 5 heteroatoms. The Kier molecular flexibility index (Phi) is 3.91. The third-order valence-electron chi connectivity index (χ3n) is 1.86. The van der Waals surface area contributed by atoms with E-state index in [9.17, 15) is 9.59 Å². The van der Waals surface area contributed by atoms with Gasteiger partial charge in [0.1, 0.15) is 11.8 Å². The molecule has 1 unspecified atom stereocenters. The average Bonchev–Trinajstić information content (AvgIpc) is 2.69. The Morgan fingerprint density at radius 2 is 2.36 bits per heavy atom. The van der Waals surface area contributed by atoms with E-state index in [4.69, 9.17) is 4.74 Å². The minimum Gasteiger partial charge on any atom is -0.374 e. The summed E-state index contributed by atoms with van der Waals surface area (Å²) in [7, 11) is 1.44. The number of ketones is 2. The molecule has 0 fully saturated rings. The monoisotopic (exact) mass is 213 g/mol. The maximum absolute atomic E-state index is 11.4. The molecule has 1 aromatic heterocycles. The summed E-state index contributed by atoms with van der Waals surface area (Å²) < 4.78 is 4.81. The zero-order valence-corrected chi connectivity index (χ0v) is 8.84. The van der Waals surface area contributed by atoms with Crippen LogP contribution in [-0.2, 0) is 9.53 Å². The fourth-order valence-electron chi connectivity index (χ4n) is 0.874. The van der Waals surface area contributed by atoms with Crippen LogP contribution in [0.1, 0.15) is 23.8 Å². The lowest BCUT2D eigenvalue weighted by Crippen LogP contribution is -2.22. The fraction of sp³-hybridized carbons (Fsp3) is 0.444. The first-order chi connectivity index (χ1) is 6.65. The zero-order valence-electron chi connectivity index (χ0n) is 8.02. The number of aromatic nitrogens is 1. The van der Waals surface area contributed by atoms with Crippen LogP contribution >= 0.6 is 11.3 Å². The summed E-state index contributed by atoms with van der Waals surface area (Å²) in [6, 6.07) is 0. The van der Waals surface area contributed by atoms with E-state index in [-0.39, 0.29) is 18.0 Å². The van der Waals surface area contributed by atoms with Crippen LogP contribution in [0.25, 0.3) is 0 Å². The molecule has 0 aliphatic heterocycles. The molecular weight excluding hydrogens is 202 g/mol. The maximum atomic E-state index is 11.4. The van der Waals surface area contributed by atoms with Gasteiger partial charge in [0.05, 0.1) is 11.9 Å². The van der Waals surface area contributed by atoms with Crippen molar-refractivity contribution < 1.29 is 14.3 Å². The van der Waals surface area contributed by atoms with Gasteiger partial charge < -0.3 is 4.74 Å². The van der Waals surface area contributed by atoms with Crippen molar-refractivity contribution in [3.8, 4) is 0 Å². The van der Waals surface area contributed by atoms with Crippen molar-refractivity contribution in [1.82, 2.24) is 4.98 Å². The van der Waals surface area contributed by atoms with E-state index >= 15 is 0 Å². The van der Waals surface area contributed by atoms with Gasteiger partial charge in [0.15, 0.2) is 11.6 Å². The van der Waals surface area contributed by atoms with Crippen molar-refractivity contribution in [1.29, 1.82) is 0 Å². The molecule has 0 saturated heterocycles. The van der Waals surface area contributed by atoms with Crippen LogP contribution < -0.4 is 0 Å². The van der Waals surface area contributed by atoms with E-state index in [0.717, 1.165) is 0 Å². The van der Waals surface area contributed by atoms with Crippen LogP contribution in [0.15, 0.2) is 10.9 Å². The SMILES string of the molecule is COC(C)C(=O)CC(=O)c1cscn1. The number of methoxy groups -OCH3 is 1. The average molecular weight is 213 g/mol. The van der Waals surface area contributed by atoms with Gasteiger partial charge >= 0.3 is 0 Å². The molecule has 1 heterocycles. The number of nitrogens with zero attached hydrogens (tertiary/aromatic N) is 1.